The molecule has 0 unspecified atom stereocenters. The summed E-state index contributed by atoms with van der Waals surface area (Å²) in [6.45, 7) is 3.46. The van der Waals surface area contributed by atoms with Gasteiger partial charge in [-0.05, 0) is 49.5 Å². The second-order valence-corrected chi connectivity index (χ2v) is 4.78. The predicted molar refractivity (Wildman–Crippen MR) is 70.3 cm³/mol. The molecule has 1 aromatic rings. The Morgan fingerprint density at radius 3 is 2.83 bits per heavy atom. The molecule has 1 heterocycles. The number of nitrogens with one attached hydrogen (secondary N) is 1. The van der Waals surface area contributed by atoms with Crippen LogP contribution in [0.25, 0.3) is 0 Å². The summed E-state index contributed by atoms with van der Waals surface area (Å²) < 4.78 is 5.09. The predicted octanol–water partition coefficient (Wildman–Crippen LogP) is 1.61. The van der Waals surface area contributed by atoms with E-state index in [1.54, 1.807) is 6.07 Å². The standard InChI is InChI=1S/C14H20N2O2/c1-10(17)18-13-4-2-3-12(9-13)14(15)11-5-7-16-8-6-11/h2-4,9,11,14,16H,5-8,15H2,1H3/t14-/m1/s1. The average molecular weight is 248 g/mol. The zero-order valence-corrected chi connectivity index (χ0v) is 10.7. The summed E-state index contributed by atoms with van der Waals surface area (Å²) in [4.78, 5) is 10.9. The zero-order chi connectivity index (χ0) is 13.0. The Morgan fingerprint density at radius 1 is 1.44 bits per heavy atom. The summed E-state index contributed by atoms with van der Waals surface area (Å²) in [5, 5.41) is 3.33. The molecule has 1 aromatic carbocycles. The highest BCUT2D eigenvalue weighted by atomic mass is 16.5. The molecule has 2 rings (SSSR count). The number of esters is 1. The molecule has 0 spiro atoms. The molecule has 0 amide bonds. The first-order valence-electron chi connectivity index (χ1n) is 6.41. The van der Waals surface area contributed by atoms with Gasteiger partial charge in [0.25, 0.3) is 0 Å². The van der Waals surface area contributed by atoms with Crippen molar-refractivity contribution < 1.29 is 9.53 Å². The van der Waals surface area contributed by atoms with Gasteiger partial charge in [-0.15, -0.1) is 0 Å². The minimum Gasteiger partial charge on any atom is -0.427 e. The molecular weight excluding hydrogens is 228 g/mol. The second kappa shape index (κ2) is 5.98. The van der Waals surface area contributed by atoms with E-state index in [1.165, 1.54) is 6.92 Å². The van der Waals surface area contributed by atoms with Gasteiger partial charge in [0.05, 0.1) is 0 Å². The van der Waals surface area contributed by atoms with E-state index >= 15 is 0 Å². The molecule has 18 heavy (non-hydrogen) atoms. The van der Waals surface area contributed by atoms with E-state index in [9.17, 15) is 4.79 Å². The fourth-order valence-electron chi connectivity index (χ4n) is 2.43. The van der Waals surface area contributed by atoms with Gasteiger partial charge in [0.15, 0.2) is 0 Å². The number of piperidine rings is 1. The molecule has 4 heteroatoms. The van der Waals surface area contributed by atoms with Crippen LogP contribution in [-0.2, 0) is 4.79 Å². The van der Waals surface area contributed by atoms with Gasteiger partial charge in [0, 0.05) is 13.0 Å². The van der Waals surface area contributed by atoms with Crippen LogP contribution in [-0.4, -0.2) is 19.1 Å². The zero-order valence-electron chi connectivity index (χ0n) is 10.7. The Balaban J connectivity index is 2.09. The molecular formula is C14H20N2O2. The van der Waals surface area contributed by atoms with E-state index in [4.69, 9.17) is 10.5 Å². The number of nitrogens with two attached hydrogens (primary N) is 1. The Morgan fingerprint density at radius 2 is 2.17 bits per heavy atom. The topological polar surface area (TPSA) is 64.3 Å². The minimum absolute atomic E-state index is 0.0163. The van der Waals surface area contributed by atoms with Crippen molar-refractivity contribution in [2.24, 2.45) is 11.7 Å². The minimum atomic E-state index is -0.303. The molecule has 0 saturated carbocycles. The maximum absolute atomic E-state index is 10.9. The number of carbonyl (C=O) groups is 1. The summed E-state index contributed by atoms with van der Waals surface area (Å²) >= 11 is 0. The SMILES string of the molecule is CC(=O)Oc1cccc([C@H](N)C2CCNCC2)c1. The van der Waals surface area contributed by atoms with Gasteiger partial charge >= 0.3 is 5.97 Å². The maximum Gasteiger partial charge on any atom is 0.308 e. The summed E-state index contributed by atoms with van der Waals surface area (Å²) in [6, 6.07) is 7.55. The van der Waals surface area contributed by atoms with Crippen LogP contribution >= 0.6 is 0 Å². The first kappa shape index (κ1) is 13.1. The molecule has 3 N–H and O–H groups in total. The first-order valence-corrected chi connectivity index (χ1v) is 6.41. The van der Waals surface area contributed by atoms with Crippen LogP contribution < -0.4 is 15.8 Å². The van der Waals surface area contributed by atoms with E-state index in [0.717, 1.165) is 31.5 Å². The van der Waals surface area contributed by atoms with Crippen LogP contribution in [0, 0.1) is 5.92 Å². The van der Waals surface area contributed by atoms with Gasteiger partial charge in [0.1, 0.15) is 5.75 Å². The van der Waals surface area contributed by atoms with Gasteiger partial charge in [-0.3, -0.25) is 4.79 Å². The lowest BCUT2D eigenvalue weighted by Crippen LogP contribution is -2.33. The van der Waals surface area contributed by atoms with Crippen LogP contribution in [0.4, 0.5) is 0 Å². The lowest BCUT2D eigenvalue weighted by molar-refractivity contribution is -0.131. The van der Waals surface area contributed by atoms with Gasteiger partial charge in [0.2, 0.25) is 0 Å². The molecule has 0 aromatic heterocycles. The van der Waals surface area contributed by atoms with E-state index in [1.807, 2.05) is 18.2 Å². The number of hydrogen-bond donors (Lipinski definition) is 2. The Labute approximate surface area is 108 Å². The third kappa shape index (κ3) is 3.31. The van der Waals surface area contributed by atoms with Crippen molar-refractivity contribution in [1.29, 1.82) is 0 Å². The smallest absolute Gasteiger partial charge is 0.308 e. The van der Waals surface area contributed by atoms with Crippen molar-refractivity contribution in [1.82, 2.24) is 5.32 Å². The molecule has 4 nitrogen and oxygen atoms in total. The summed E-state index contributed by atoms with van der Waals surface area (Å²) in [7, 11) is 0. The number of ether oxygens (including phenoxy) is 1. The molecule has 0 bridgehead atoms. The Hall–Kier alpha value is -1.39. The van der Waals surface area contributed by atoms with Crippen LogP contribution in [0.1, 0.15) is 31.4 Å². The van der Waals surface area contributed by atoms with Crippen molar-refractivity contribution >= 4 is 5.97 Å². The van der Waals surface area contributed by atoms with Crippen molar-refractivity contribution in [2.45, 2.75) is 25.8 Å². The number of benzene rings is 1. The second-order valence-electron chi connectivity index (χ2n) is 4.78. The van der Waals surface area contributed by atoms with Gasteiger partial charge in [-0.1, -0.05) is 12.1 Å². The van der Waals surface area contributed by atoms with E-state index < -0.39 is 0 Å². The fraction of sp³-hybridized carbons (Fsp3) is 0.500. The number of rotatable bonds is 3. The molecule has 1 atom stereocenters. The van der Waals surface area contributed by atoms with Crippen LogP contribution in [0.2, 0.25) is 0 Å². The quantitative estimate of drug-likeness (QED) is 0.630. The van der Waals surface area contributed by atoms with Gasteiger partial charge in [-0.2, -0.15) is 0 Å². The highest BCUT2D eigenvalue weighted by molar-refractivity contribution is 5.69. The average Bonchev–Trinajstić information content (AvgIpc) is 2.38. The molecule has 0 aliphatic carbocycles. The molecule has 1 fully saturated rings. The van der Waals surface area contributed by atoms with Crippen LogP contribution in [0.3, 0.4) is 0 Å². The number of carbonyl (C=O) groups excluding carboxylic acids is 1. The summed E-state index contributed by atoms with van der Waals surface area (Å²) in [5.41, 5.74) is 7.34. The lowest BCUT2D eigenvalue weighted by atomic mass is 9.86. The summed E-state index contributed by atoms with van der Waals surface area (Å²) in [6.07, 6.45) is 2.19. The Bertz CT molecular complexity index is 414. The van der Waals surface area contributed by atoms with E-state index in [2.05, 4.69) is 5.32 Å². The molecule has 1 saturated heterocycles. The van der Waals surface area contributed by atoms with Gasteiger partial charge < -0.3 is 15.8 Å². The van der Waals surface area contributed by atoms with Crippen molar-refractivity contribution in [3.8, 4) is 5.75 Å². The highest BCUT2D eigenvalue weighted by Crippen LogP contribution is 2.28. The fourth-order valence-corrected chi connectivity index (χ4v) is 2.43. The van der Waals surface area contributed by atoms with E-state index in [-0.39, 0.29) is 12.0 Å². The third-order valence-electron chi connectivity index (χ3n) is 3.40. The van der Waals surface area contributed by atoms with Gasteiger partial charge in [-0.25, -0.2) is 0 Å². The highest BCUT2D eigenvalue weighted by Gasteiger charge is 2.21. The number of hydrogen-bond acceptors (Lipinski definition) is 4. The van der Waals surface area contributed by atoms with Crippen molar-refractivity contribution in [3.05, 3.63) is 29.8 Å². The lowest BCUT2D eigenvalue weighted by Gasteiger charge is -2.28. The first-order chi connectivity index (χ1) is 8.66. The van der Waals surface area contributed by atoms with Crippen molar-refractivity contribution in [3.63, 3.8) is 0 Å². The molecule has 98 valence electrons. The molecule has 0 radical (unpaired) electrons. The normalized spacial score (nSPS) is 18.3. The Kier molecular flexibility index (Phi) is 4.33. The molecule has 1 aliphatic rings. The van der Waals surface area contributed by atoms with Crippen molar-refractivity contribution in [2.75, 3.05) is 13.1 Å². The van der Waals surface area contributed by atoms with E-state index in [0.29, 0.717) is 11.7 Å². The summed E-state index contributed by atoms with van der Waals surface area (Å²) in [5.74, 6) is 0.769. The van der Waals surface area contributed by atoms with Crippen LogP contribution in [0.15, 0.2) is 24.3 Å². The molecule has 1 aliphatic heterocycles. The largest absolute Gasteiger partial charge is 0.427 e. The van der Waals surface area contributed by atoms with Crippen LogP contribution in [0.5, 0.6) is 5.75 Å². The third-order valence-corrected chi connectivity index (χ3v) is 3.40. The monoisotopic (exact) mass is 248 g/mol. The maximum atomic E-state index is 10.9.